The molecule has 2 fully saturated rings. The van der Waals surface area contributed by atoms with Crippen molar-refractivity contribution in [2.24, 2.45) is 5.92 Å². The number of hydrogen-bond acceptors (Lipinski definition) is 5. The van der Waals surface area contributed by atoms with E-state index in [2.05, 4.69) is 10.6 Å². The smallest absolute Gasteiger partial charge is 0.280 e. The number of carbonyl (C=O) groups excluding carboxylic acids is 3. The highest BCUT2D eigenvalue weighted by Gasteiger charge is 2.66. The molecular formula is C20H25N3O5. The van der Waals surface area contributed by atoms with Crippen LogP contribution < -0.4 is 10.6 Å². The maximum atomic E-state index is 13.1. The number of hydrogen-bond donors (Lipinski definition) is 3. The van der Waals surface area contributed by atoms with Crippen LogP contribution in [0.1, 0.15) is 33.3 Å². The molecule has 0 aliphatic carbocycles. The van der Waals surface area contributed by atoms with Crippen LogP contribution in [0.3, 0.4) is 0 Å². The van der Waals surface area contributed by atoms with Gasteiger partial charge in [-0.05, 0) is 31.4 Å². The molecule has 4 atom stereocenters. The van der Waals surface area contributed by atoms with Gasteiger partial charge in [-0.2, -0.15) is 0 Å². The molecule has 8 heteroatoms. The summed E-state index contributed by atoms with van der Waals surface area (Å²) in [4.78, 5) is 38.9. The second-order valence-electron chi connectivity index (χ2n) is 7.62. The first-order chi connectivity index (χ1) is 13.1. The van der Waals surface area contributed by atoms with Crippen LogP contribution in [0.2, 0.25) is 0 Å². The number of benzene rings is 1. The first kappa shape index (κ1) is 20.0. The standard InChI is InChI=1S/C20H25N3O5/c1-12(2)16-17(25)21-13(3)20(27)23(16)18(26)19(4,28-20)22-15(24)11-10-14-8-6-5-7-9-14/h5-13,16,27H,1-4H3,(H,21,25)(H,22,24)/b11-10+/t13-,16+,19-,20+/m0/s1. The van der Waals surface area contributed by atoms with Crippen molar-refractivity contribution in [1.82, 2.24) is 15.5 Å². The fourth-order valence-corrected chi connectivity index (χ4v) is 3.59. The predicted molar refractivity (Wildman–Crippen MR) is 101 cm³/mol. The quantitative estimate of drug-likeness (QED) is 0.655. The third-order valence-electron chi connectivity index (χ3n) is 5.02. The number of nitrogens with one attached hydrogen (secondary N) is 2. The largest absolute Gasteiger partial charge is 0.347 e. The normalized spacial score (nSPS) is 32.6. The molecule has 0 aromatic heterocycles. The van der Waals surface area contributed by atoms with Gasteiger partial charge in [-0.3, -0.25) is 24.0 Å². The predicted octanol–water partition coefficient (Wildman–Crippen LogP) is 0.580. The fourth-order valence-electron chi connectivity index (χ4n) is 3.59. The molecule has 2 aliphatic rings. The molecule has 2 heterocycles. The van der Waals surface area contributed by atoms with Crippen LogP contribution in [-0.2, 0) is 19.1 Å². The summed E-state index contributed by atoms with van der Waals surface area (Å²) in [5.74, 6) is -3.91. The summed E-state index contributed by atoms with van der Waals surface area (Å²) >= 11 is 0. The molecule has 150 valence electrons. The Morgan fingerprint density at radius 2 is 1.96 bits per heavy atom. The molecular weight excluding hydrogens is 362 g/mol. The van der Waals surface area contributed by atoms with Crippen molar-refractivity contribution in [3.63, 3.8) is 0 Å². The molecule has 28 heavy (non-hydrogen) atoms. The summed E-state index contributed by atoms with van der Waals surface area (Å²) in [6.07, 6.45) is 2.89. The second-order valence-corrected chi connectivity index (χ2v) is 7.62. The SMILES string of the molecule is CC(C)[C@@H]1C(=O)N[C@@H](C)[C@@]2(O)O[C@](C)(NC(=O)/C=C/c3ccccc3)C(=O)N12. The Balaban J connectivity index is 1.84. The van der Waals surface area contributed by atoms with E-state index in [1.807, 2.05) is 30.3 Å². The fraction of sp³-hybridized carbons (Fsp3) is 0.450. The van der Waals surface area contributed by atoms with Crippen LogP contribution in [0.4, 0.5) is 0 Å². The van der Waals surface area contributed by atoms with E-state index in [4.69, 9.17) is 4.74 Å². The van der Waals surface area contributed by atoms with Crippen LogP contribution in [0, 0.1) is 5.92 Å². The van der Waals surface area contributed by atoms with E-state index in [-0.39, 0.29) is 11.8 Å². The van der Waals surface area contributed by atoms with Crippen LogP contribution in [0.25, 0.3) is 6.08 Å². The number of fused-ring (bicyclic) bond motifs is 1. The molecule has 3 amide bonds. The third kappa shape index (κ3) is 3.29. The highest BCUT2D eigenvalue weighted by Crippen LogP contribution is 2.40. The molecule has 3 rings (SSSR count). The highest BCUT2D eigenvalue weighted by molar-refractivity contribution is 5.99. The summed E-state index contributed by atoms with van der Waals surface area (Å²) in [5.41, 5.74) is -0.985. The summed E-state index contributed by atoms with van der Waals surface area (Å²) in [5, 5.41) is 16.2. The van der Waals surface area contributed by atoms with E-state index >= 15 is 0 Å². The summed E-state index contributed by atoms with van der Waals surface area (Å²) < 4.78 is 5.67. The van der Waals surface area contributed by atoms with Gasteiger partial charge in [0.25, 0.3) is 11.8 Å². The van der Waals surface area contributed by atoms with Gasteiger partial charge in [0.15, 0.2) is 0 Å². The molecule has 1 aromatic rings. The van der Waals surface area contributed by atoms with Gasteiger partial charge >= 0.3 is 0 Å². The Labute approximate surface area is 163 Å². The number of nitrogens with zero attached hydrogens (tertiary/aromatic N) is 1. The number of amides is 3. The Morgan fingerprint density at radius 1 is 1.32 bits per heavy atom. The van der Waals surface area contributed by atoms with E-state index in [1.54, 1.807) is 19.9 Å². The topological polar surface area (TPSA) is 108 Å². The molecule has 2 saturated heterocycles. The van der Waals surface area contributed by atoms with E-state index in [9.17, 15) is 19.5 Å². The molecule has 0 bridgehead atoms. The van der Waals surface area contributed by atoms with Gasteiger partial charge in [-0.1, -0.05) is 44.2 Å². The average Bonchev–Trinajstić information content (AvgIpc) is 2.82. The molecule has 3 N–H and O–H groups in total. The summed E-state index contributed by atoms with van der Waals surface area (Å²) in [6.45, 7) is 6.45. The van der Waals surface area contributed by atoms with Crippen molar-refractivity contribution in [3.8, 4) is 0 Å². The Bertz CT molecular complexity index is 824. The Kier molecular flexibility index (Phi) is 5.03. The number of piperazine rings is 1. The van der Waals surface area contributed by atoms with Crippen molar-refractivity contribution in [3.05, 3.63) is 42.0 Å². The highest BCUT2D eigenvalue weighted by atomic mass is 16.7. The molecule has 1 aromatic carbocycles. The second kappa shape index (κ2) is 7.03. The molecule has 2 aliphatic heterocycles. The van der Waals surface area contributed by atoms with E-state index < -0.39 is 35.5 Å². The van der Waals surface area contributed by atoms with Crippen LogP contribution >= 0.6 is 0 Å². The molecule has 0 saturated carbocycles. The van der Waals surface area contributed by atoms with Gasteiger partial charge in [0.2, 0.25) is 17.5 Å². The Hall–Kier alpha value is -2.71. The zero-order chi connectivity index (χ0) is 20.7. The third-order valence-corrected chi connectivity index (χ3v) is 5.02. The van der Waals surface area contributed by atoms with Gasteiger partial charge in [-0.25, -0.2) is 0 Å². The summed E-state index contributed by atoms with van der Waals surface area (Å²) in [7, 11) is 0. The first-order valence-electron chi connectivity index (χ1n) is 9.20. The van der Waals surface area contributed by atoms with Gasteiger partial charge < -0.3 is 15.7 Å². The van der Waals surface area contributed by atoms with Crippen LogP contribution in [0.5, 0.6) is 0 Å². The molecule has 0 spiro atoms. The van der Waals surface area contributed by atoms with E-state index in [1.165, 1.54) is 19.9 Å². The lowest BCUT2D eigenvalue weighted by Gasteiger charge is -2.46. The lowest BCUT2D eigenvalue weighted by molar-refractivity contribution is -0.301. The van der Waals surface area contributed by atoms with Gasteiger partial charge in [-0.15, -0.1) is 0 Å². The number of aliphatic hydroxyl groups is 1. The van der Waals surface area contributed by atoms with Gasteiger partial charge in [0.1, 0.15) is 12.1 Å². The minimum atomic E-state index is -2.05. The van der Waals surface area contributed by atoms with Crippen LogP contribution in [-0.4, -0.2) is 51.4 Å². The number of rotatable bonds is 4. The lowest BCUT2D eigenvalue weighted by atomic mass is 9.95. The monoisotopic (exact) mass is 387 g/mol. The minimum Gasteiger partial charge on any atom is -0.347 e. The van der Waals surface area contributed by atoms with E-state index in [0.717, 1.165) is 10.5 Å². The first-order valence-corrected chi connectivity index (χ1v) is 9.20. The van der Waals surface area contributed by atoms with E-state index in [0.29, 0.717) is 0 Å². The maximum Gasteiger partial charge on any atom is 0.280 e. The number of ether oxygens (including phenoxy) is 1. The zero-order valence-corrected chi connectivity index (χ0v) is 16.3. The lowest BCUT2D eigenvalue weighted by Crippen LogP contribution is -2.72. The number of carbonyl (C=O) groups is 3. The van der Waals surface area contributed by atoms with Crippen molar-refractivity contribution < 1.29 is 24.2 Å². The van der Waals surface area contributed by atoms with Crippen molar-refractivity contribution in [2.45, 2.75) is 51.4 Å². The van der Waals surface area contributed by atoms with Crippen LogP contribution in [0.15, 0.2) is 36.4 Å². The van der Waals surface area contributed by atoms with Crippen molar-refractivity contribution >= 4 is 23.8 Å². The maximum absolute atomic E-state index is 13.1. The molecule has 0 unspecified atom stereocenters. The molecule has 8 nitrogen and oxygen atoms in total. The summed E-state index contributed by atoms with van der Waals surface area (Å²) in [6, 6.07) is 7.43. The Morgan fingerprint density at radius 3 is 2.57 bits per heavy atom. The molecule has 0 radical (unpaired) electrons. The zero-order valence-electron chi connectivity index (χ0n) is 16.3. The minimum absolute atomic E-state index is 0.261. The van der Waals surface area contributed by atoms with Gasteiger partial charge in [0.05, 0.1) is 0 Å². The van der Waals surface area contributed by atoms with Crippen molar-refractivity contribution in [2.75, 3.05) is 0 Å². The average molecular weight is 387 g/mol. The van der Waals surface area contributed by atoms with Gasteiger partial charge in [0, 0.05) is 6.08 Å². The van der Waals surface area contributed by atoms with Crippen molar-refractivity contribution in [1.29, 1.82) is 0 Å².